The van der Waals surface area contributed by atoms with Crippen molar-refractivity contribution in [3.63, 3.8) is 0 Å². The Morgan fingerprint density at radius 3 is 2.43 bits per heavy atom. The largest absolute Gasteiger partial charge is 0.338 e. The first-order valence-electron chi connectivity index (χ1n) is 6.55. The van der Waals surface area contributed by atoms with Crippen LogP contribution < -0.4 is 0 Å². The third-order valence-corrected chi connectivity index (χ3v) is 5.45. The molecule has 1 aromatic rings. The van der Waals surface area contributed by atoms with Crippen LogP contribution in [0.3, 0.4) is 0 Å². The minimum absolute atomic E-state index is 0.0729. The maximum Gasteiger partial charge on any atom is 0.261 e. The normalized spacial score (nSPS) is 18.0. The Bertz CT molecular complexity index is 698. The fourth-order valence-corrected chi connectivity index (χ4v) is 4.09. The molecule has 1 aromatic carbocycles. The maximum atomic E-state index is 12.6. The Kier molecular flexibility index (Phi) is 4.30. The molecular weight excluding hydrogens is 333 g/mol. The summed E-state index contributed by atoms with van der Waals surface area (Å²) in [4.78, 5) is 14.2. The van der Waals surface area contributed by atoms with E-state index in [2.05, 4.69) is 13.8 Å². The first-order valence-corrected chi connectivity index (χ1v) is 9.24. The van der Waals surface area contributed by atoms with Gasteiger partial charge in [-0.05, 0) is 36.5 Å². The fraction of sp³-hybridized carbons (Fsp3) is 0.500. The minimum atomic E-state index is -3.94. The molecule has 2 rings (SSSR count). The van der Waals surface area contributed by atoms with Gasteiger partial charge in [0.25, 0.3) is 15.0 Å². The van der Waals surface area contributed by atoms with Crippen molar-refractivity contribution in [1.29, 1.82) is 0 Å². The highest BCUT2D eigenvalue weighted by molar-refractivity contribution is 8.13. The lowest BCUT2D eigenvalue weighted by atomic mass is 9.93. The molecule has 0 spiro atoms. The molecule has 0 aromatic heterocycles. The minimum Gasteiger partial charge on any atom is -0.338 e. The Balaban J connectivity index is 2.46. The number of carbonyl (C=O) groups excluding carboxylic acids is 1. The summed E-state index contributed by atoms with van der Waals surface area (Å²) in [6, 6.07) is 2.76. The van der Waals surface area contributed by atoms with Gasteiger partial charge in [-0.3, -0.25) is 4.79 Å². The van der Waals surface area contributed by atoms with Crippen molar-refractivity contribution in [2.45, 2.75) is 32.1 Å². The zero-order valence-electron chi connectivity index (χ0n) is 12.1. The summed E-state index contributed by atoms with van der Waals surface area (Å²) >= 11 is 5.94. The molecule has 0 aliphatic carbocycles. The summed E-state index contributed by atoms with van der Waals surface area (Å²) in [5, 5.41) is 0.182. The van der Waals surface area contributed by atoms with Gasteiger partial charge in [0, 0.05) is 34.4 Å². The number of benzene rings is 1. The van der Waals surface area contributed by atoms with E-state index in [0.29, 0.717) is 24.2 Å². The zero-order chi connectivity index (χ0) is 16.0. The second-order valence-electron chi connectivity index (χ2n) is 6.16. The predicted molar refractivity (Wildman–Crippen MR) is 83.5 cm³/mol. The molecule has 0 unspecified atom stereocenters. The monoisotopic (exact) mass is 349 g/mol. The highest BCUT2D eigenvalue weighted by Gasteiger charge is 2.33. The molecule has 1 aliphatic rings. The van der Waals surface area contributed by atoms with Crippen molar-refractivity contribution in [3.05, 3.63) is 28.3 Å². The number of rotatable bonds is 2. The number of amides is 1. The molecule has 1 aliphatic heterocycles. The summed E-state index contributed by atoms with van der Waals surface area (Å²) in [5.41, 5.74) is 0.701. The molecule has 1 fully saturated rings. The van der Waals surface area contributed by atoms with Gasteiger partial charge < -0.3 is 4.90 Å². The molecule has 0 N–H and O–H groups in total. The molecule has 1 saturated heterocycles. The van der Waals surface area contributed by atoms with Crippen LogP contribution in [0, 0.1) is 12.3 Å². The molecule has 1 amide bonds. The van der Waals surface area contributed by atoms with Crippen LogP contribution in [0.25, 0.3) is 0 Å². The molecule has 1 heterocycles. The average Bonchev–Trinajstić information content (AvgIpc) is 2.70. The van der Waals surface area contributed by atoms with Crippen LogP contribution in [0.2, 0.25) is 5.02 Å². The van der Waals surface area contributed by atoms with Gasteiger partial charge in [-0.25, -0.2) is 8.42 Å². The van der Waals surface area contributed by atoms with Gasteiger partial charge in [0.2, 0.25) is 0 Å². The third-order valence-electron chi connectivity index (χ3n) is 3.78. The summed E-state index contributed by atoms with van der Waals surface area (Å²) in [7, 11) is 1.46. The lowest BCUT2D eigenvalue weighted by molar-refractivity contribution is 0.0777. The van der Waals surface area contributed by atoms with Crippen LogP contribution in [0.5, 0.6) is 0 Å². The maximum absolute atomic E-state index is 12.6. The van der Waals surface area contributed by atoms with E-state index in [1.165, 1.54) is 12.1 Å². The van der Waals surface area contributed by atoms with Crippen LogP contribution in [0.15, 0.2) is 17.0 Å². The molecule has 116 valence electrons. The first kappa shape index (κ1) is 16.6. The van der Waals surface area contributed by atoms with Crippen molar-refractivity contribution >= 4 is 37.2 Å². The number of hydrogen-bond donors (Lipinski definition) is 0. The van der Waals surface area contributed by atoms with Crippen molar-refractivity contribution < 1.29 is 13.2 Å². The summed E-state index contributed by atoms with van der Waals surface area (Å²) in [6.45, 7) is 7.06. The van der Waals surface area contributed by atoms with E-state index in [-0.39, 0.29) is 21.2 Å². The average molecular weight is 350 g/mol. The summed E-state index contributed by atoms with van der Waals surface area (Å²) in [5.74, 6) is -0.206. The van der Waals surface area contributed by atoms with Crippen LogP contribution in [0.4, 0.5) is 0 Å². The van der Waals surface area contributed by atoms with Gasteiger partial charge in [0.1, 0.15) is 0 Å². The standard InChI is InChI=1S/C14H17Cl2NO3S/c1-9-11(6-10(15)7-12(9)21(16,19)20)13(18)17-5-4-14(2,3)8-17/h6-7H,4-5,8H2,1-3H3. The lowest BCUT2D eigenvalue weighted by Gasteiger charge is -2.21. The fourth-order valence-electron chi connectivity index (χ4n) is 2.59. The molecule has 0 bridgehead atoms. The first-order chi connectivity index (χ1) is 9.51. The van der Waals surface area contributed by atoms with Crippen LogP contribution in [-0.4, -0.2) is 32.3 Å². The topological polar surface area (TPSA) is 54.5 Å². The van der Waals surface area contributed by atoms with Crippen LogP contribution >= 0.6 is 22.3 Å². The Morgan fingerprint density at radius 1 is 1.33 bits per heavy atom. The highest BCUT2D eigenvalue weighted by atomic mass is 35.7. The van der Waals surface area contributed by atoms with E-state index in [1.807, 2.05) is 0 Å². The van der Waals surface area contributed by atoms with E-state index in [4.69, 9.17) is 22.3 Å². The second-order valence-corrected chi connectivity index (χ2v) is 9.13. The van der Waals surface area contributed by atoms with Gasteiger partial charge in [-0.2, -0.15) is 0 Å². The van der Waals surface area contributed by atoms with Gasteiger partial charge in [0.05, 0.1) is 4.90 Å². The molecule has 0 radical (unpaired) electrons. The summed E-state index contributed by atoms with van der Waals surface area (Å²) in [6.07, 6.45) is 0.916. The molecular formula is C14H17Cl2NO3S. The molecule has 4 nitrogen and oxygen atoms in total. The quantitative estimate of drug-likeness (QED) is 0.768. The van der Waals surface area contributed by atoms with E-state index >= 15 is 0 Å². The number of likely N-dealkylation sites (tertiary alicyclic amines) is 1. The van der Waals surface area contributed by atoms with E-state index in [9.17, 15) is 13.2 Å². The number of hydrogen-bond acceptors (Lipinski definition) is 3. The number of halogens is 2. The van der Waals surface area contributed by atoms with Gasteiger partial charge in [-0.1, -0.05) is 25.4 Å². The van der Waals surface area contributed by atoms with Crippen LogP contribution in [-0.2, 0) is 9.05 Å². The molecule has 0 saturated carbocycles. The number of carbonyl (C=O) groups is 1. The molecule has 7 heteroatoms. The Hall–Kier alpha value is -0.780. The van der Waals surface area contributed by atoms with Gasteiger partial charge >= 0.3 is 0 Å². The molecule has 21 heavy (non-hydrogen) atoms. The Morgan fingerprint density at radius 2 is 1.95 bits per heavy atom. The zero-order valence-corrected chi connectivity index (χ0v) is 14.4. The Labute approximate surface area is 134 Å². The van der Waals surface area contributed by atoms with Crippen molar-refractivity contribution in [2.75, 3.05) is 13.1 Å². The molecule has 0 atom stereocenters. The van der Waals surface area contributed by atoms with E-state index in [0.717, 1.165) is 6.42 Å². The van der Waals surface area contributed by atoms with Crippen molar-refractivity contribution in [1.82, 2.24) is 4.90 Å². The van der Waals surface area contributed by atoms with E-state index in [1.54, 1.807) is 11.8 Å². The lowest BCUT2D eigenvalue weighted by Crippen LogP contribution is -2.31. The number of nitrogens with zero attached hydrogens (tertiary/aromatic N) is 1. The smallest absolute Gasteiger partial charge is 0.261 e. The van der Waals surface area contributed by atoms with Crippen molar-refractivity contribution in [2.24, 2.45) is 5.41 Å². The third kappa shape index (κ3) is 3.52. The van der Waals surface area contributed by atoms with Gasteiger partial charge in [-0.15, -0.1) is 0 Å². The van der Waals surface area contributed by atoms with Gasteiger partial charge in [0.15, 0.2) is 0 Å². The van der Waals surface area contributed by atoms with E-state index < -0.39 is 9.05 Å². The predicted octanol–water partition coefficient (Wildman–Crippen LogP) is 3.45. The SMILES string of the molecule is Cc1c(C(=O)N2CCC(C)(C)C2)cc(Cl)cc1S(=O)(=O)Cl. The highest BCUT2D eigenvalue weighted by Crippen LogP contribution is 2.32. The van der Waals surface area contributed by atoms with Crippen molar-refractivity contribution in [3.8, 4) is 0 Å². The summed E-state index contributed by atoms with van der Waals surface area (Å²) < 4.78 is 23.2. The van der Waals surface area contributed by atoms with Crippen LogP contribution in [0.1, 0.15) is 36.2 Å². The second kappa shape index (κ2) is 5.45.